The monoisotopic (exact) mass is 272 g/mol. The van der Waals surface area contributed by atoms with Crippen LogP contribution in [-0.4, -0.2) is 9.97 Å². The fourth-order valence-electron chi connectivity index (χ4n) is 1.00. The molecule has 0 fully saturated rings. The van der Waals surface area contributed by atoms with Crippen molar-refractivity contribution in [2.45, 2.75) is 13.8 Å². The van der Waals surface area contributed by atoms with Crippen LogP contribution in [0.1, 0.15) is 13.8 Å². The largest absolute Gasteiger partial charge is 0.253 e. The Morgan fingerprint density at radius 2 is 1.79 bits per heavy atom. The van der Waals surface area contributed by atoms with Crippen LogP contribution in [0.2, 0.25) is 5.02 Å². The van der Waals surface area contributed by atoms with E-state index < -0.39 is 0 Å². The van der Waals surface area contributed by atoms with E-state index >= 15 is 0 Å². The van der Waals surface area contributed by atoms with E-state index in [2.05, 4.69) is 25.9 Å². The first-order valence-corrected chi connectivity index (χ1v) is 5.50. The molecule has 74 valence electrons. The summed E-state index contributed by atoms with van der Waals surface area (Å²) in [5, 5.41) is 0.662. The molecule has 2 nitrogen and oxygen atoms in total. The van der Waals surface area contributed by atoms with Crippen LogP contribution in [-0.2, 0) is 0 Å². The van der Waals surface area contributed by atoms with Gasteiger partial charge in [0.2, 0.25) is 0 Å². The summed E-state index contributed by atoms with van der Waals surface area (Å²) in [5.41, 5.74) is 1.64. The van der Waals surface area contributed by atoms with Crippen LogP contribution < -0.4 is 0 Å². The minimum atomic E-state index is 0.662. The summed E-state index contributed by atoms with van der Waals surface area (Å²) in [4.78, 5) is 8.28. The second-order valence-electron chi connectivity index (χ2n) is 2.31. The third-order valence-corrected chi connectivity index (χ3v) is 2.31. The lowest BCUT2D eigenvalue weighted by molar-refractivity contribution is 1.29. The van der Waals surface area contributed by atoms with Gasteiger partial charge >= 0.3 is 0 Å². The molecule has 0 aliphatic carbocycles. The highest BCUT2D eigenvalue weighted by Gasteiger charge is 2.01. The van der Waals surface area contributed by atoms with Crippen molar-refractivity contribution in [2.24, 2.45) is 0 Å². The SMILES string of the molecule is CC.Clc1cc(Br)c2nccnc2c1. The van der Waals surface area contributed by atoms with Crippen molar-refractivity contribution in [2.75, 3.05) is 0 Å². The van der Waals surface area contributed by atoms with Crippen molar-refractivity contribution in [1.82, 2.24) is 9.97 Å². The molecule has 0 bridgehead atoms. The van der Waals surface area contributed by atoms with Gasteiger partial charge in [-0.15, -0.1) is 0 Å². The Bertz CT molecular complexity index is 431. The average molecular weight is 274 g/mol. The number of rotatable bonds is 0. The van der Waals surface area contributed by atoms with Gasteiger partial charge in [-0.25, -0.2) is 0 Å². The van der Waals surface area contributed by atoms with Gasteiger partial charge in [0, 0.05) is 21.9 Å². The van der Waals surface area contributed by atoms with Crippen molar-refractivity contribution in [3.05, 3.63) is 34.0 Å². The van der Waals surface area contributed by atoms with Gasteiger partial charge in [0.15, 0.2) is 0 Å². The summed E-state index contributed by atoms with van der Waals surface area (Å²) in [5.74, 6) is 0. The molecule has 0 aliphatic rings. The molecule has 4 heteroatoms. The smallest absolute Gasteiger partial charge is 0.103 e. The van der Waals surface area contributed by atoms with Gasteiger partial charge in [-0.2, -0.15) is 0 Å². The molecule has 0 atom stereocenters. The van der Waals surface area contributed by atoms with Crippen LogP contribution in [0.4, 0.5) is 0 Å². The molecule has 2 rings (SSSR count). The van der Waals surface area contributed by atoms with Gasteiger partial charge in [0.05, 0.1) is 5.52 Å². The lowest BCUT2D eigenvalue weighted by atomic mass is 10.3. The van der Waals surface area contributed by atoms with Crippen molar-refractivity contribution in [3.63, 3.8) is 0 Å². The molecule has 2 aromatic rings. The van der Waals surface area contributed by atoms with Crippen molar-refractivity contribution < 1.29 is 0 Å². The zero-order chi connectivity index (χ0) is 10.6. The highest BCUT2D eigenvalue weighted by atomic mass is 79.9. The third kappa shape index (κ3) is 2.42. The van der Waals surface area contributed by atoms with Gasteiger partial charge in [-0.3, -0.25) is 9.97 Å². The topological polar surface area (TPSA) is 25.8 Å². The Morgan fingerprint density at radius 3 is 2.50 bits per heavy atom. The van der Waals surface area contributed by atoms with Crippen LogP contribution in [0.15, 0.2) is 29.0 Å². The maximum Gasteiger partial charge on any atom is 0.103 e. The van der Waals surface area contributed by atoms with E-state index in [0.29, 0.717) is 5.02 Å². The van der Waals surface area contributed by atoms with Gasteiger partial charge in [0.1, 0.15) is 5.52 Å². The number of benzene rings is 1. The third-order valence-electron chi connectivity index (χ3n) is 1.49. The van der Waals surface area contributed by atoms with Gasteiger partial charge < -0.3 is 0 Å². The van der Waals surface area contributed by atoms with Crippen molar-refractivity contribution in [1.29, 1.82) is 0 Å². The zero-order valence-electron chi connectivity index (χ0n) is 7.96. The fraction of sp³-hybridized carbons (Fsp3) is 0.200. The van der Waals surface area contributed by atoms with E-state index in [1.54, 1.807) is 24.5 Å². The van der Waals surface area contributed by atoms with Crippen molar-refractivity contribution in [3.8, 4) is 0 Å². The highest BCUT2D eigenvalue weighted by molar-refractivity contribution is 9.10. The van der Waals surface area contributed by atoms with Crippen LogP contribution in [0, 0.1) is 0 Å². The Hall–Kier alpha value is -0.670. The molecule has 0 spiro atoms. The quantitative estimate of drug-likeness (QED) is 0.723. The summed E-state index contributed by atoms with van der Waals surface area (Å²) in [7, 11) is 0. The van der Waals surface area contributed by atoms with Gasteiger partial charge in [0.25, 0.3) is 0 Å². The van der Waals surface area contributed by atoms with E-state index in [9.17, 15) is 0 Å². The number of hydrogen-bond donors (Lipinski definition) is 0. The molecule has 0 saturated carbocycles. The highest BCUT2D eigenvalue weighted by Crippen LogP contribution is 2.24. The maximum atomic E-state index is 5.83. The average Bonchev–Trinajstić information content (AvgIpc) is 2.20. The van der Waals surface area contributed by atoms with Gasteiger partial charge in [-0.1, -0.05) is 25.4 Å². The first kappa shape index (κ1) is 11.4. The maximum absolute atomic E-state index is 5.83. The zero-order valence-corrected chi connectivity index (χ0v) is 10.3. The van der Waals surface area contributed by atoms with E-state index in [4.69, 9.17) is 11.6 Å². The predicted octanol–water partition coefficient (Wildman–Crippen LogP) is 4.07. The molecule has 0 radical (unpaired) electrons. The number of nitrogens with zero attached hydrogens (tertiary/aromatic N) is 2. The number of halogens is 2. The number of aromatic nitrogens is 2. The molecule has 14 heavy (non-hydrogen) atoms. The summed E-state index contributed by atoms with van der Waals surface area (Å²) < 4.78 is 0.873. The molecule has 1 aromatic carbocycles. The Kier molecular flexibility index (Phi) is 4.29. The minimum Gasteiger partial charge on any atom is -0.253 e. The standard InChI is InChI=1S/C8H4BrClN2.C2H6/c9-6-3-5(10)4-7-8(6)12-2-1-11-7;1-2/h1-4H;1-2H3. The van der Waals surface area contributed by atoms with Crippen LogP contribution in [0.25, 0.3) is 11.0 Å². The molecule has 1 aromatic heterocycles. The fourth-order valence-corrected chi connectivity index (χ4v) is 1.90. The van der Waals surface area contributed by atoms with E-state index in [1.165, 1.54) is 0 Å². The normalized spacial score (nSPS) is 9.43. The number of hydrogen-bond acceptors (Lipinski definition) is 2. The number of fused-ring (bicyclic) bond motifs is 1. The predicted molar refractivity (Wildman–Crippen MR) is 63.6 cm³/mol. The Balaban J connectivity index is 0.000000461. The first-order chi connectivity index (χ1) is 6.77. The molecular weight excluding hydrogens is 263 g/mol. The summed E-state index contributed by atoms with van der Waals surface area (Å²) in [6.45, 7) is 4.00. The molecule has 0 unspecified atom stereocenters. The second kappa shape index (κ2) is 5.27. The van der Waals surface area contributed by atoms with Crippen molar-refractivity contribution >= 4 is 38.6 Å². The Labute approximate surface area is 96.5 Å². The molecule has 0 N–H and O–H groups in total. The van der Waals surface area contributed by atoms with E-state index in [-0.39, 0.29) is 0 Å². The summed E-state index contributed by atoms with van der Waals surface area (Å²) in [6.07, 6.45) is 3.30. The molecule has 0 aliphatic heterocycles. The molecule has 0 saturated heterocycles. The van der Waals surface area contributed by atoms with E-state index in [0.717, 1.165) is 15.5 Å². The van der Waals surface area contributed by atoms with Gasteiger partial charge in [-0.05, 0) is 28.1 Å². The molecule has 0 amide bonds. The summed E-state index contributed by atoms with van der Waals surface area (Å²) in [6, 6.07) is 3.59. The van der Waals surface area contributed by atoms with E-state index in [1.807, 2.05) is 13.8 Å². The second-order valence-corrected chi connectivity index (χ2v) is 3.60. The summed E-state index contributed by atoms with van der Waals surface area (Å²) >= 11 is 9.19. The minimum absolute atomic E-state index is 0.662. The van der Waals surface area contributed by atoms with Crippen LogP contribution in [0.5, 0.6) is 0 Å². The first-order valence-electron chi connectivity index (χ1n) is 4.33. The van der Waals surface area contributed by atoms with Crippen LogP contribution in [0.3, 0.4) is 0 Å². The lowest BCUT2D eigenvalue weighted by Gasteiger charge is -1.98. The van der Waals surface area contributed by atoms with Crippen LogP contribution >= 0.6 is 27.5 Å². The Morgan fingerprint density at radius 1 is 1.14 bits per heavy atom. The molecule has 1 heterocycles. The molecular formula is C10H10BrClN2. The lowest BCUT2D eigenvalue weighted by Crippen LogP contribution is -1.82.